The maximum absolute atomic E-state index is 11.7. The Bertz CT molecular complexity index is 417. The molecule has 0 spiro atoms. The molecule has 98 valence electrons. The monoisotopic (exact) mass is 265 g/mol. The lowest BCUT2D eigenvalue weighted by Crippen LogP contribution is -2.30. The summed E-state index contributed by atoms with van der Waals surface area (Å²) in [5, 5.41) is 2.83. The number of carbonyl (C=O) groups excluding carboxylic acids is 1. The summed E-state index contributed by atoms with van der Waals surface area (Å²) in [7, 11) is 1.93. The minimum Gasteiger partial charge on any atom is -0.389 e. The second kappa shape index (κ2) is 7.08. The highest BCUT2D eigenvalue weighted by atomic mass is 32.1. The summed E-state index contributed by atoms with van der Waals surface area (Å²) in [6.45, 7) is 3.39. The average Bonchev–Trinajstić information content (AvgIpc) is 2.29. The molecule has 0 aromatic heterocycles. The zero-order valence-corrected chi connectivity index (χ0v) is 11.6. The van der Waals surface area contributed by atoms with Gasteiger partial charge >= 0.3 is 0 Å². The van der Waals surface area contributed by atoms with Crippen LogP contribution in [-0.4, -0.2) is 35.9 Å². The predicted octanol–water partition coefficient (Wildman–Crippen LogP) is 1.60. The summed E-state index contributed by atoms with van der Waals surface area (Å²) in [5.41, 5.74) is 7.05. The third kappa shape index (κ3) is 4.81. The van der Waals surface area contributed by atoms with E-state index in [9.17, 15) is 4.79 Å². The van der Waals surface area contributed by atoms with Crippen molar-refractivity contribution in [1.82, 2.24) is 4.90 Å². The number of carbonyl (C=O) groups is 1. The number of likely N-dealkylation sites (N-methyl/N-ethyl adjacent to an activating group) is 1. The Hall–Kier alpha value is -1.46. The van der Waals surface area contributed by atoms with E-state index in [1.54, 1.807) is 24.3 Å². The largest absolute Gasteiger partial charge is 0.389 e. The molecule has 0 aliphatic heterocycles. The molecule has 0 radical (unpaired) electrons. The molecule has 0 aliphatic carbocycles. The SMILES string of the molecule is CCCN(C)CC(=O)Nc1ccc(C(N)=S)cc1. The molecule has 0 unspecified atom stereocenters. The first-order valence-corrected chi connectivity index (χ1v) is 6.32. The minimum atomic E-state index is -0.0194. The molecule has 5 heteroatoms. The number of nitrogens with two attached hydrogens (primary N) is 1. The minimum absolute atomic E-state index is 0.0194. The summed E-state index contributed by atoms with van der Waals surface area (Å²) >= 11 is 4.86. The van der Waals surface area contributed by atoms with E-state index in [-0.39, 0.29) is 5.91 Å². The van der Waals surface area contributed by atoms with Gasteiger partial charge in [-0.05, 0) is 44.3 Å². The molecule has 1 aromatic rings. The van der Waals surface area contributed by atoms with Gasteiger partial charge in [-0.2, -0.15) is 0 Å². The summed E-state index contributed by atoms with van der Waals surface area (Å²) in [5.74, 6) is -0.0194. The van der Waals surface area contributed by atoms with E-state index in [1.165, 1.54) is 0 Å². The van der Waals surface area contributed by atoms with Gasteiger partial charge in [-0.15, -0.1) is 0 Å². The molecule has 1 aromatic carbocycles. The first kappa shape index (κ1) is 14.6. The maximum Gasteiger partial charge on any atom is 0.238 e. The second-order valence-corrected chi connectivity index (χ2v) is 4.67. The Labute approximate surface area is 113 Å². The number of nitrogens with zero attached hydrogens (tertiary/aromatic N) is 1. The van der Waals surface area contributed by atoms with Gasteiger partial charge in [0.1, 0.15) is 4.99 Å². The van der Waals surface area contributed by atoms with Gasteiger partial charge in [0.25, 0.3) is 0 Å². The Kier molecular flexibility index (Phi) is 5.74. The smallest absolute Gasteiger partial charge is 0.238 e. The molecule has 1 amide bonds. The van der Waals surface area contributed by atoms with Crippen LogP contribution >= 0.6 is 12.2 Å². The number of nitrogens with one attached hydrogen (secondary N) is 1. The molecule has 0 aliphatic rings. The first-order chi connectivity index (χ1) is 8.52. The highest BCUT2D eigenvalue weighted by molar-refractivity contribution is 7.80. The van der Waals surface area contributed by atoms with Gasteiger partial charge in [0, 0.05) is 11.3 Å². The molecule has 0 heterocycles. The maximum atomic E-state index is 11.7. The van der Waals surface area contributed by atoms with Gasteiger partial charge in [0.15, 0.2) is 0 Å². The Morgan fingerprint density at radius 2 is 2.00 bits per heavy atom. The Morgan fingerprint density at radius 1 is 1.39 bits per heavy atom. The van der Waals surface area contributed by atoms with Crippen molar-refractivity contribution in [3.8, 4) is 0 Å². The molecule has 0 saturated carbocycles. The Balaban J connectivity index is 2.51. The molecule has 4 nitrogen and oxygen atoms in total. The van der Waals surface area contributed by atoms with E-state index in [4.69, 9.17) is 18.0 Å². The lowest BCUT2D eigenvalue weighted by atomic mass is 10.2. The second-order valence-electron chi connectivity index (χ2n) is 4.23. The van der Waals surface area contributed by atoms with Crippen LogP contribution in [0.5, 0.6) is 0 Å². The standard InChI is InChI=1S/C13H19N3OS/c1-3-8-16(2)9-12(17)15-11-6-4-10(5-7-11)13(14)18/h4-7H,3,8-9H2,1-2H3,(H2,14,18)(H,15,17). The van der Waals surface area contributed by atoms with E-state index in [0.29, 0.717) is 11.5 Å². The van der Waals surface area contributed by atoms with Crippen LogP contribution in [0.25, 0.3) is 0 Å². The number of hydrogen-bond donors (Lipinski definition) is 2. The normalized spacial score (nSPS) is 10.4. The topological polar surface area (TPSA) is 58.4 Å². The van der Waals surface area contributed by atoms with Crippen LogP contribution in [0, 0.1) is 0 Å². The van der Waals surface area contributed by atoms with E-state index in [0.717, 1.165) is 24.2 Å². The molecular formula is C13H19N3OS. The van der Waals surface area contributed by atoms with Crippen molar-refractivity contribution >= 4 is 28.8 Å². The fourth-order valence-electron chi connectivity index (χ4n) is 1.62. The van der Waals surface area contributed by atoms with Crippen molar-refractivity contribution < 1.29 is 4.79 Å². The zero-order valence-electron chi connectivity index (χ0n) is 10.8. The quantitative estimate of drug-likeness (QED) is 0.767. The van der Waals surface area contributed by atoms with Crippen molar-refractivity contribution in [1.29, 1.82) is 0 Å². The summed E-state index contributed by atoms with van der Waals surface area (Å²) < 4.78 is 0. The van der Waals surface area contributed by atoms with Crippen LogP contribution in [0.3, 0.4) is 0 Å². The van der Waals surface area contributed by atoms with E-state index >= 15 is 0 Å². The van der Waals surface area contributed by atoms with Crippen LogP contribution in [0.2, 0.25) is 0 Å². The number of hydrogen-bond acceptors (Lipinski definition) is 3. The van der Waals surface area contributed by atoms with Gasteiger partial charge in [0.05, 0.1) is 6.54 Å². The number of thiocarbonyl (C=S) groups is 1. The number of benzene rings is 1. The van der Waals surface area contributed by atoms with Crippen molar-refractivity contribution in [2.45, 2.75) is 13.3 Å². The zero-order chi connectivity index (χ0) is 13.5. The van der Waals surface area contributed by atoms with Crippen LogP contribution in [0.4, 0.5) is 5.69 Å². The van der Waals surface area contributed by atoms with Crippen LogP contribution in [0.15, 0.2) is 24.3 Å². The molecule has 0 fully saturated rings. The van der Waals surface area contributed by atoms with Gasteiger partial charge in [-0.3, -0.25) is 9.69 Å². The molecular weight excluding hydrogens is 246 g/mol. The summed E-state index contributed by atoms with van der Waals surface area (Å²) in [6.07, 6.45) is 1.03. The number of anilines is 1. The van der Waals surface area contributed by atoms with E-state index < -0.39 is 0 Å². The Morgan fingerprint density at radius 3 is 2.50 bits per heavy atom. The van der Waals surface area contributed by atoms with Crippen molar-refractivity contribution in [2.75, 3.05) is 25.5 Å². The van der Waals surface area contributed by atoms with Crippen molar-refractivity contribution in [2.24, 2.45) is 5.73 Å². The first-order valence-electron chi connectivity index (χ1n) is 5.91. The molecule has 18 heavy (non-hydrogen) atoms. The summed E-state index contributed by atoms with van der Waals surface area (Å²) in [4.78, 5) is 14.1. The lowest BCUT2D eigenvalue weighted by molar-refractivity contribution is -0.117. The van der Waals surface area contributed by atoms with Gasteiger partial charge in [0.2, 0.25) is 5.91 Å². The van der Waals surface area contributed by atoms with Gasteiger partial charge < -0.3 is 11.1 Å². The van der Waals surface area contributed by atoms with Crippen molar-refractivity contribution in [3.63, 3.8) is 0 Å². The highest BCUT2D eigenvalue weighted by Gasteiger charge is 2.06. The number of amides is 1. The third-order valence-electron chi connectivity index (χ3n) is 2.47. The van der Waals surface area contributed by atoms with Crippen LogP contribution < -0.4 is 11.1 Å². The van der Waals surface area contributed by atoms with Gasteiger partial charge in [-0.25, -0.2) is 0 Å². The lowest BCUT2D eigenvalue weighted by Gasteiger charge is -2.15. The van der Waals surface area contributed by atoms with E-state index in [2.05, 4.69) is 12.2 Å². The van der Waals surface area contributed by atoms with Crippen molar-refractivity contribution in [3.05, 3.63) is 29.8 Å². The fourth-order valence-corrected chi connectivity index (χ4v) is 1.76. The predicted molar refractivity (Wildman–Crippen MR) is 78.7 cm³/mol. The molecule has 0 saturated heterocycles. The fraction of sp³-hybridized carbons (Fsp3) is 0.385. The highest BCUT2D eigenvalue weighted by Crippen LogP contribution is 2.09. The summed E-state index contributed by atoms with van der Waals surface area (Å²) in [6, 6.07) is 7.19. The number of rotatable bonds is 6. The molecule has 0 atom stereocenters. The average molecular weight is 265 g/mol. The third-order valence-corrected chi connectivity index (χ3v) is 2.71. The van der Waals surface area contributed by atoms with Crippen LogP contribution in [-0.2, 0) is 4.79 Å². The molecule has 3 N–H and O–H groups in total. The molecule has 1 rings (SSSR count). The van der Waals surface area contributed by atoms with Crippen LogP contribution in [0.1, 0.15) is 18.9 Å². The van der Waals surface area contributed by atoms with E-state index in [1.807, 2.05) is 11.9 Å². The molecule has 0 bridgehead atoms. The van der Waals surface area contributed by atoms with Gasteiger partial charge in [-0.1, -0.05) is 19.1 Å².